The van der Waals surface area contributed by atoms with Crippen molar-refractivity contribution in [1.29, 1.82) is 0 Å². The fourth-order valence-electron chi connectivity index (χ4n) is 2.52. The normalized spacial score (nSPS) is 21.7. The quantitative estimate of drug-likeness (QED) is 0.734. The van der Waals surface area contributed by atoms with Gasteiger partial charge in [-0.1, -0.05) is 17.7 Å². The van der Waals surface area contributed by atoms with Crippen LogP contribution < -0.4 is 0 Å². The highest BCUT2D eigenvalue weighted by molar-refractivity contribution is 5.89. The van der Waals surface area contributed by atoms with Gasteiger partial charge in [-0.05, 0) is 31.9 Å². The highest BCUT2D eigenvalue weighted by Gasteiger charge is 2.51. The molecule has 0 radical (unpaired) electrons. The van der Waals surface area contributed by atoms with Gasteiger partial charge in [0.15, 0.2) is 0 Å². The summed E-state index contributed by atoms with van der Waals surface area (Å²) < 4.78 is 10.6. The topological polar surface area (TPSA) is 35.5 Å². The van der Waals surface area contributed by atoms with E-state index in [2.05, 4.69) is 0 Å². The summed E-state index contributed by atoms with van der Waals surface area (Å²) in [7, 11) is 0. The summed E-state index contributed by atoms with van der Waals surface area (Å²) in [5, 5.41) is 0. The van der Waals surface area contributed by atoms with E-state index in [1.165, 1.54) is 0 Å². The first kappa shape index (κ1) is 10.8. The fourth-order valence-corrected chi connectivity index (χ4v) is 2.52. The zero-order chi connectivity index (χ0) is 11.9. The Morgan fingerprint density at radius 3 is 2.47 bits per heavy atom. The van der Waals surface area contributed by atoms with Crippen LogP contribution in [0.25, 0.3) is 0 Å². The molecule has 90 valence electrons. The Kier molecular flexibility index (Phi) is 2.44. The van der Waals surface area contributed by atoms with Crippen molar-refractivity contribution < 1.29 is 14.3 Å². The predicted octanol–water partition coefficient (Wildman–Crippen LogP) is 2.33. The van der Waals surface area contributed by atoms with Crippen LogP contribution in [0.5, 0.6) is 0 Å². The Morgan fingerprint density at radius 1 is 1.29 bits per heavy atom. The maximum Gasteiger partial charge on any atom is 0.338 e. The van der Waals surface area contributed by atoms with Gasteiger partial charge in [-0.2, -0.15) is 0 Å². The second kappa shape index (κ2) is 3.84. The molecular formula is C14H16O3. The van der Waals surface area contributed by atoms with Crippen molar-refractivity contribution in [1.82, 2.24) is 0 Å². The van der Waals surface area contributed by atoms with Crippen LogP contribution in [0.1, 0.15) is 28.8 Å². The molecule has 0 amide bonds. The summed E-state index contributed by atoms with van der Waals surface area (Å²) >= 11 is 0. The van der Waals surface area contributed by atoms with Crippen molar-refractivity contribution in [3.05, 3.63) is 35.4 Å². The molecule has 2 aliphatic rings. The van der Waals surface area contributed by atoms with Gasteiger partial charge in [-0.3, -0.25) is 0 Å². The van der Waals surface area contributed by atoms with Gasteiger partial charge in [-0.25, -0.2) is 4.79 Å². The number of ether oxygens (including phenoxy) is 2. The van der Waals surface area contributed by atoms with E-state index < -0.39 is 0 Å². The van der Waals surface area contributed by atoms with Gasteiger partial charge in [0.2, 0.25) is 0 Å². The fraction of sp³-hybridized carbons (Fsp3) is 0.500. The number of aryl methyl sites for hydroxylation is 1. The molecule has 17 heavy (non-hydrogen) atoms. The first-order chi connectivity index (χ1) is 8.17. The molecule has 1 spiro atoms. The number of carbonyl (C=O) groups excluding carboxylic acids is 1. The molecule has 3 rings (SSSR count). The smallest absolute Gasteiger partial charge is 0.338 e. The van der Waals surface area contributed by atoms with Gasteiger partial charge in [0, 0.05) is 5.41 Å². The van der Waals surface area contributed by atoms with Crippen LogP contribution in [0.15, 0.2) is 24.3 Å². The standard InChI is InChI=1S/C14H16O3/c1-10-2-4-11(5-3-10)13(15)17-12-6-14(7-12)8-16-9-14/h2-5,12H,6-9H2,1H3. The Morgan fingerprint density at radius 2 is 1.94 bits per heavy atom. The average molecular weight is 232 g/mol. The molecule has 1 saturated heterocycles. The summed E-state index contributed by atoms with van der Waals surface area (Å²) in [5.41, 5.74) is 2.13. The van der Waals surface area contributed by atoms with Crippen LogP contribution in [0.2, 0.25) is 0 Å². The Balaban J connectivity index is 1.55. The minimum absolute atomic E-state index is 0.0905. The van der Waals surface area contributed by atoms with Gasteiger partial charge in [0.1, 0.15) is 6.10 Å². The monoisotopic (exact) mass is 232 g/mol. The molecule has 0 bridgehead atoms. The summed E-state index contributed by atoms with van der Waals surface area (Å²) in [4.78, 5) is 11.8. The van der Waals surface area contributed by atoms with Crippen LogP contribution in [-0.2, 0) is 9.47 Å². The number of esters is 1. The molecule has 1 heterocycles. The number of hydrogen-bond donors (Lipinski definition) is 0. The molecule has 0 atom stereocenters. The molecule has 0 N–H and O–H groups in total. The van der Waals surface area contributed by atoms with Crippen LogP contribution in [0.4, 0.5) is 0 Å². The molecule has 0 aromatic heterocycles. The summed E-state index contributed by atoms with van der Waals surface area (Å²) in [6.07, 6.45) is 2.02. The lowest BCUT2D eigenvalue weighted by molar-refractivity contribution is -0.197. The average Bonchev–Trinajstić information content (AvgIpc) is 2.20. The minimum Gasteiger partial charge on any atom is -0.459 e. The summed E-state index contributed by atoms with van der Waals surface area (Å²) in [5.74, 6) is -0.204. The van der Waals surface area contributed by atoms with E-state index in [4.69, 9.17) is 9.47 Å². The van der Waals surface area contributed by atoms with E-state index in [0.717, 1.165) is 31.6 Å². The van der Waals surface area contributed by atoms with Gasteiger partial charge >= 0.3 is 5.97 Å². The van der Waals surface area contributed by atoms with Crippen molar-refractivity contribution in [2.75, 3.05) is 13.2 Å². The summed E-state index contributed by atoms with van der Waals surface area (Å²) in [6.45, 7) is 3.68. The molecule has 3 heteroatoms. The molecule has 1 aliphatic heterocycles. The first-order valence-electron chi connectivity index (χ1n) is 6.02. The Bertz CT molecular complexity index is 423. The van der Waals surface area contributed by atoms with E-state index in [1.54, 1.807) is 0 Å². The molecule has 2 fully saturated rings. The number of benzene rings is 1. The van der Waals surface area contributed by atoms with Gasteiger partial charge in [0.05, 0.1) is 18.8 Å². The van der Waals surface area contributed by atoms with Gasteiger partial charge in [0.25, 0.3) is 0 Å². The van der Waals surface area contributed by atoms with E-state index in [1.807, 2.05) is 31.2 Å². The highest BCUT2D eigenvalue weighted by atomic mass is 16.5. The lowest BCUT2D eigenvalue weighted by atomic mass is 9.65. The van der Waals surface area contributed by atoms with Gasteiger partial charge in [-0.15, -0.1) is 0 Å². The largest absolute Gasteiger partial charge is 0.459 e. The van der Waals surface area contributed by atoms with Crippen molar-refractivity contribution in [3.8, 4) is 0 Å². The summed E-state index contributed by atoms with van der Waals surface area (Å²) in [6, 6.07) is 7.49. The maximum atomic E-state index is 11.8. The number of hydrogen-bond acceptors (Lipinski definition) is 3. The molecule has 1 aromatic carbocycles. The minimum atomic E-state index is -0.204. The van der Waals surface area contributed by atoms with Crippen LogP contribution in [-0.4, -0.2) is 25.3 Å². The van der Waals surface area contributed by atoms with Crippen LogP contribution in [0, 0.1) is 12.3 Å². The lowest BCUT2D eigenvalue weighted by Crippen LogP contribution is -2.55. The third-order valence-electron chi connectivity index (χ3n) is 3.70. The molecule has 0 unspecified atom stereocenters. The lowest BCUT2D eigenvalue weighted by Gasteiger charge is -2.52. The second-order valence-corrected chi connectivity index (χ2v) is 5.29. The molecule has 3 nitrogen and oxygen atoms in total. The first-order valence-corrected chi connectivity index (χ1v) is 6.02. The maximum absolute atomic E-state index is 11.8. The van der Waals surface area contributed by atoms with E-state index >= 15 is 0 Å². The SMILES string of the molecule is Cc1ccc(C(=O)OC2CC3(COC3)C2)cc1. The highest BCUT2D eigenvalue weighted by Crippen LogP contribution is 2.48. The van der Waals surface area contributed by atoms with E-state index in [-0.39, 0.29) is 12.1 Å². The number of carbonyl (C=O) groups is 1. The van der Waals surface area contributed by atoms with Crippen molar-refractivity contribution >= 4 is 5.97 Å². The molecular weight excluding hydrogens is 216 g/mol. The predicted molar refractivity (Wildman–Crippen MR) is 62.9 cm³/mol. The van der Waals surface area contributed by atoms with Gasteiger partial charge < -0.3 is 9.47 Å². The van der Waals surface area contributed by atoms with Crippen molar-refractivity contribution in [3.63, 3.8) is 0 Å². The third-order valence-corrected chi connectivity index (χ3v) is 3.70. The molecule has 1 aliphatic carbocycles. The van der Waals surface area contributed by atoms with Crippen molar-refractivity contribution in [2.45, 2.75) is 25.9 Å². The van der Waals surface area contributed by atoms with Crippen LogP contribution in [0.3, 0.4) is 0 Å². The van der Waals surface area contributed by atoms with E-state index in [0.29, 0.717) is 11.0 Å². The Labute approximate surface area is 101 Å². The van der Waals surface area contributed by atoms with Crippen molar-refractivity contribution in [2.24, 2.45) is 5.41 Å². The van der Waals surface area contributed by atoms with E-state index in [9.17, 15) is 4.79 Å². The zero-order valence-electron chi connectivity index (χ0n) is 9.94. The Hall–Kier alpha value is -1.35. The van der Waals surface area contributed by atoms with Crippen LogP contribution >= 0.6 is 0 Å². The third kappa shape index (κ3) is 1.95. The molecule has 1 aromatic rings. The number of rotatable bonds is 2. The zero-order valence-corrected chi connectivity index (χ0v) is 9.94. The molecule has 1 saturated carbocycles. The second-order valence-electron chi connectivity index (χ2n) is 5.29.